The van der Waals surface area contributed by atoms with Crippen LogP contribution in [0.4, 0.5) is 4.39 Å². The fourth-order valence-corrected chi connectivity index (χ4v) is 2.04. The standard InChI is InChI=1S/C14H16BrFN2/c1-14(2,3)12(15)11-9-17-18(13(11)16)10-7-5-4-6-8-10/h4-9,12H,1-3H3. The van der Waals surface area contributed by atoms with Crippen LogP contribution in [0.5, 0.6) is 0 Å². The molecule has 0 N–H and O–H groups in total. The van der Waals surface area contributed by atoms with Gasteiger partial charge in [0.1, 0.15) is 0 Å². The zero-order valence-corrected chi connectivity index (χ0v) is 12.3. The highest BCUT2D eigenvalue weighted by Gasteiger charge is 2.28. The van der Waals surface area contributed by atoms with Crippen LogP contribution in [0.3, 0.4) is 0 Å². The maximum Gasteiger partial charge on any atom is 0.220 e. The maximum absolute atomic E-state index is 14.4. The lowest BCUT2D eigenvalue weighted by atomic mass is 9.89. The molecule has 1 heterocycles. The Kier molecular flexibility index (Phi) is 3.57. The second kappa shape index (κ2) is 4.84. The van der Waals surface area contributed by atoms with Crippen molar-refractivity contribution >= 4 is 15.9 Å². The summed E-state index contributed by atoms with van der Waals surface area (Å²) in [5.41, 5.74) is 1.26. The highest BCUT2D eigenvalue weighted by molar-refractivity contribution is 9.09. The van der Waals surface area contributed by atoms with Crippen LogP contribution in [0.2, 0.25) is 0 Å². The minimum absolute atomic E-state index is 0.0641. The molecule has 0 aliphatic heterocycles. The largest absolute Gasteiger partial charge is 0.220 e. The van der Waals surface area contributed by atoms with Crippen LogP contribution in [0.1, 0.15) is 31.2 Å². The minimum Gasteiger partial charge on any atom is -0.206 e. The number of nitrogens with zero attached hydrogens (tertiary/aromatic N) is 2. The van der Waals surface area contributed by atoms with E-state index in [9.17, 15) is 4.39 Å². The third kappa shape index (κ3) is 2.48. The summed E-state index contributed by atoms with van der Waals surface area (Å²) < 4.78 is 15.7. The van der Waals surface area contributed by atoms with Crippen molar-refractivity contribution in [1.82, 2.24) is 9.78 Å². The van der Waals surface area contributed by atoms with Crippen molar-refractivity contribution in [3.63, 3.8) is 0 Å². The highest BCUT2D eigenvalue weighted by Crippen LogP contribution is 2.41. The average molecular weight is 311 g/mol. The summed E-state index contributed by atoms with van der Waals surface area (Å²) in [5.74, 6) is -0.307. The first-order valence-electron chi connectivity index (χ1n) is 5.84. The first-order valence-corrected chi connectivity index (χ1v) is 6.75. The zero-order chi connectivity index (χ0) is 13.3. The Labute approximate surface area is 115 Å². The van der Waals surface area contributed by atoms with E-state index in [0.717, 1.165) is 5.69 Å². The molecule has 2 aromatic rings. The zero-order valence-electron chi connectivity index (χ0n) is 10.7. The van der Waals surface area contributed by atoms with E-state index < -0.39 is 0 Å². The average Bonchev–Trinajstić information content (AvgIpc) is 2.70. The van der Waals surface area contributed by atoms with Crippen molar-refractivity contribution < 1.29 is 4.39 Å². The number of benzene rings is 1. The van der Waals surface area contributed by atoms with E-state index in [1.807, 2.05) is 30.3 Å². The second-order valence-electron chi connectivity index (χ2n) is 5.37. The lowest BCUT2D eigenvalue weighted by Crippen LogP contribution is -2.14. The number of aromatic nitrogens is 2. The normalized spacial score (nSPS) is 13.6. The summed E-state index contributed by atoms with van der Waals surface area (Å²) in [5, 5.41) is 4.13. The molecule has 18 heavy (non-hydrogen) atoms. The summed E-state index contributed by atoms with van der Waals surface area (Å²) >= 11 is 3.55. The molecule has 96 valence electrons. The van der Waals surface area contributed by atoms with Crippen molar-refractivity contribution in [2.45, 2.75) is 25.6 Å². The molecule has 4 heteroatoms. The van der Waals surface area contributed by atoms with Gasteiger partial charge in [0.15, 0.2) is 0 Å². The van der Waals surface area contributed by atoms with E-state index in [2.05, 4.69) is 41.8 Å². The molecule has 0 aliphatic carbocycles. The molecule has 2 rings (SSSR count). The van der Waals surface area contributed by atoms with Gasteiger partial charge in [-0.3, -0.25) is 0 Å². The van der Waals surface area contributed by atoms with Crippen LogP contribution in [0.15, 0.2) is 36.5 Å². The third-order valence-electron chi connectivity index (χ3n) is 2.77. The van der Waals surface area contributed by atoms with Crippen LogP contribution in [0.25, 0.3) is 5.69 Å². The maximum atomic E-state index is 14.4. The van der Waals surface area contributed by atoms with E-state index in [1.165, 1.54) is 4.68 Å². The van der Waals surface area contributed by atoms with E-state index >= 15 is 0 Å². The molecule has 0 fully saturated rings. The SMILES string of the molecule is CC(C)(C)C(Br)c1cnn(-c2ccccc2)c1F. The smallest absolute Gasteiger partial charge is 0.206 e. The van der Waals surface area contributed by atoms with Gasteiger partial charge in [0, 0.05) is 5.56 Å². The molecule has 0 bridgehead atoms. The molecule has 0 saturated carbocycles. The number of alkyl halides is 1. The molecule has 0 radical (unpaired) electrons. The Bertz CT molecular complexity index is 528. The van der Waals surface area contributed by atoms with Gasteiger partial charge in [0.05, 0.1) is 16.7 Å². The summed E-state index contributed by atoms with van der Waals surface area (Å²) in [7, 11) is 0. The van der Waals surface area contributed by atoms with E-state index in [1.54, 1.807) is 6.20 Å². The van der Waals surface area contributed by atoms with Crippen LogP contribution >= 0.6 is 15.9 Å². The van der Waals surface area contributed by atoms with Gasteiger partial charge in [0.25, 0.3) is 0 Å². The summed E-state index contributed by atoms with van der Waals surface area (Å²) in [6.45, 7) is 6.18. The Morgan fingerprint density at radius 1 is 1.22 bits per heavy atom. The quantitative estimate of drug-likeness (QED) is 0.747. The molecule has 1 unspecified atom stereocenters. The fraction of sp³-hybridized carbons (Fsp3) is 0.357. The number of hydrogen-bond donors (Lipinski definition) is 0. The Morgan fingerprint density at radius 2 is 1.83 bits per heavy atom. The van der Waals surface area contributed by atoms with E-state index in [0.29, 0.717) is 5.56 Å². The molecule has 0 aliphatic rings. The van der Waals surface area contributed by atoms with Gasteiger partial charge in [-0.15, -0.1) is 0 Å². The lowest BCUT2D eigenvalue weighted by molar-refractivity contribution is 0.395. The summed E-state index contributed by atoms with van der Waals surface area (Å²) in [4.78, 5) is -0.0672. The van der Waals surface area contributed by atoms with Gasteiger partial charge >= 0.3 is 0 Å². The topological polar surface area (TPSA) is 17.8 Å². The Balaban J connectivity index is 2.42. The number of rotatable bonds is 2. The van der Waals surface area contributed by atoms with Crippen molar-refractivity contribution in [3.05, 3.63) is 48.0 Å². The monoisotopic (exact) mass is 310 g/mol. The molecule has 0 saturated heterocycles. The van der Waals surface area contributed by atoms with Gasteiger partial charge in [-0.25, -0.2) is 4.68 Å². The van der Waals surface area contributed by atoms with E-state index in [4.69, 9.17) is 0 Å². The number of halogens is 2. The van der Waals surface area contributed by atoms with Gasteiger partial charge < -0.3 is 0 Å². The molecule has 1 aromatic carbocycles. The van der Waals surface area contributed by atoms with Gasteiger partial charge in [-0.1, -0.05) is 54.9 Å². The van der Waals surface area contributed by atoms with Gasteiger partial charge in [0.2, 0.25) is 5.95 Å². The number of hydrogen-bond acceptors (Lipinski definition) is 1. The highest BCUT2D eigenvalue weighted by atomic mass is 79.9. The van der Waals surface area contributed by atoms with Crippen molar-refractivity contribution in [2.75, 3.05) is 0 Å². The first kappa shape index (κ1) is 13.3. The van der Waals surface area contributed by atoms with Crippen LogP contribution in [-0.4, -0.2) is 9.78 Å². The first-order chi connectivity index (χ1) is 8.41. The molecular weight excluding hydrogens is 295 g/mol. The predicted octanol–water partition coefficient (Wildman–Crippen LogP) is 4.49. The van der Waals surface area contributed by atoms with Crippen molar-refractivity contribution in [1.29, 1.82) is 0 Å². The minimum atomic E-state index is -0.307. The molecule has 0 spiro atoms. The van der Waals surface area contributed by atoms with Crippen LogP contribution in [-0.2, 0) is 0 Å². The molecule has 1 atom stereocenters. The third-order valence-corrected chi connectivity index (χ3v) is 4.64. The molecular formula is C14H16BrFN2. The van der Waals surface area contributed by atoms with Gasteiger partial charge in [-0.05, 0) is 17.5 Å². The lowest BCUT2D eigenvalue weighted by Gasteiger charge is -2.24. The number of para-hydroxylation sites is 1. The van der Waals surface area contributed by atoms with Crippen molar-refractivity contribution in [2.24, 2.45) is 5.41 Å². The summed E-state index contributed by atoms with van der Waals surface area (Å²) in [6, 6.07) is 9.30. The predicted molar refractivity (Wildman–Crippen MR) is 74.6 cm³/mol. The van der Waals surface area contributed by atoms with Crippen molar-refractivity contribution in [3.8, 4) is 5.69 Å². The summed E-state index contributed by atoms with van der Waals surface area (Å²) in [6.07, 6.45) is 1.59. The molecule has 1 aromatic heterocycles. The Morgan fingerprint density at radius 3 is 2.39 bits per heavy atom. The van der Waals surface area contributed by atoms with Gasteiger partial charge in [-0.2, -0.15) is 9.49 Å². The second-order valence-corrected chi connectivity index (χ2v) is 6.28. The fourth-order valence-electron chi connectivity index (χ4n) is 1.73. The van der Waals surface area contributed by atoms with E-state index in [-0.39, 0.29) is 16.2 Å². The Hall–Kier alpha value is -1.16. The van der Waals surface area contributed by atoms with Crippen LogP contribution < -0.4 is 0 Å². The molecule has 0 amide bonds. The van der Waals surface area contributed by atoms with Crippen LogP contribution in [0, 0.1) is 11.4 Å². The molecule has 2 nitrogen and oxygen atoms in total.